The molecule has 3 aliphatic rings. The van der Waals surface area contributed by atoms with Gasteiger partial charge in [-0.3, -0.25) is 19.1 Å². The Balaban J connectivity index is 0.994. The van der Waals surface area contributed by atoms with E-state index in [1.807, 2.05) is 40.3 Å². The van der Waals surface area contributed by atoms with Crippen molar-refractivity contribution in [1.29, 1.82) is 5.26 Å². The third-order valence-electron chi connectivity index (χ3n) is 8.58. The molecule has 14 heteroatoms. The lowest BCUT2D eigenvalue weighted by atomic mass is 9.86. The number of carbonyl (C=O) groups excluding carboxylic acids is 1. The van der Waals surface area contributed by atoms with Crippen molar-refractivity contribution in [3.8, 4) is 6.07 Å². The average Bonchev–Trinajstić information content (AvgIpc) is 3.70. The van der Waals surface area contributed by atoms with E-state index in [4.69, 9.17) is 9.72 Å². The number of piperazine rings is 1. The van der Waals surface area contributed by atoms with Gasteiger partial charge in [0.1, 0.15) is 12.1 Å². The topological polar surface area (TPSA) is 138 Å². The first-order valence-electron chi connectivity index (χ1n) is 14.4. The monoisotopic (exact) mass is 570 g/mol. The Morgan fingerprint density at radius 3 is 2.71 bits per heavy atom. The Bertz CT molecular complexity index is 1610. The van der Waals surface area contributed by atoms with Crippen molar-refractivity contribution >= 4 is 28.9 Å². The van der Waals surface area contributed by atoms with E-state index in [0.717, 1.165) is 62.7 Å². The van der Waals surface area contributed by atoms with Gasteiger partial charge < -0.3 is 19.9 Å². The third-order valence-corrected chi connectivity index (χ3v) is 8.58. The first-order valence-corrected chi connectivity index (χ1v) is 14.4. The van der Waals surface area contributed by atoms with Gasteiger partial charge in [-0.25, -0.2) is 4.52 Å². The summed E-state index contributed by atoms with van der Waals surface area (Å²) < 4.78 is 10.6. The number of nitriles is 1. The van der Waals surface area contributed by atoms with Crippen LogP contribution in [-0.2, 0) is 28.0 Å². The van der Waals surface area contributed by atoms with Crippen LogP contribution in [-0.4, -0.2) is 108 Å². The van der Waals surface area contributed by atoms with Gasteiger partial charge in [0.25, 0.3) is 0 Å². The number of fused-ring (bicyclic) bond motifs is 1. The Hall–Kier alpha value is -4.48. The van der Waals surface area contributed by atoms with Gasteiger partial charge in [-0.2, -0.15) is 20.4 Å². The molecule has 3 fully saturated rings. The summed E-state index contributed by atoms with van der Waals surface area (Å²) in [5.41, 5.74) is 3.17. The molecular weight excluding hydrogens is 536 g/mol. The molecule has 0 radical (unpaired) electrons. The molecule has 0 unspecified atom stereocenters. The number of ether oxygens (including phenoxy) is 1. The summed E-state index contributed by atoms with van der Waals surface area (Å²) in [7, 11) is 0. The molecule has 218 valence electrons. The minimum atomic E-state index is -0.360. The molecule has 3 aliphatic heterocycles. The van der Waals surface area contributed by atoms with Crippen LogP contribution in [0.3, 0.4) is 0 Å². The van der Waals surface area contributed by atoms with E-state index < -0.39 is 0 Å². The van der Waals surface area contributed by atoms with Crippen LogP contribution >= 0.6 is 0 Å². The number of nitrogens with one attached hydrogen (secondary N) is 1. The van der Waals surface area contributed by atoms with Crippen LogP contribution in [0.4, 0.5) is 17.3 Å². The molecule has 0 aromatic carbocycles. The molecular formula is C28H34N12O2. The molecule has 0 atom stereocenters. The van der Waals surface area contributed by atoms with Crippen LogP contribution in [0.2, 0.25) is 0 Å². The van der Waals surface area contributed by atoms with Gasteiger partial charge in [-0.05, 0) is 24.1 Å². The van der Waals surface area contributed by atoms with Crippen LogP contribution in [0.1, 0.15) is 18.9 Å². The summed E-state index contributed by atoms with van der Waals surface area (Å²) in [6.45, 7) is 8.42. The van der Waals surface area contributed by atoms with E-state index in [-0.39, 0.29) is 18.0 Å². The average molecular weight is 571 g/mol. The number of carbonyl (C=O) groups is 1. The molecule has 7 rings (SSSR count). The van der Waals surface area contributed by atoms with Crippen LogP contribution in [0.25, 0.3) is 5.65 Å². The first kappa shape index (κ1) is 26.4. The van der Waals surface area contributed by atoms with Gasteiger partial charge in [0.05, 0.1) is 55.5 Å². The molecule has 0 saturated carbocycles. The lowest BCUT2D eigenvalue weighted by Gasteiger charge is -2.50. The summed E-state index contributed by atoms with van der Waals surface area (Å²) in [4.78, 5) is 24.2. The smallest absolute Gasteiger partial charge is 0.247 e. The molecule has 42 heavy (non-hydrogen) atoms. The van der Waals surface area contributed by atoms with Crippen molar-refractivity contribution in [2.45, 2.75) is 37.9 Å². The number of amides is 1. The zero-order valence-corrected chi connectivity index (χ0v) is 23.6. The number of hydrogen-bond donors (Lipinski definition) is 1. The zero-order valence-electron chi connectivity index (χ0n) is 23.6. The Kier molecular flexibility index (Phi) is 6.75. The summed E-state index contributed by atoms with van der Waals surface area (Å²) in [6.07, 6.45) is 10.6. The van der Waals surface area contributed by atoms with Crippen molar-refractivity contribution in [2.24, 2.45) is 0 Å². The summed E-state index contributed by atoms with van der Waals surface area (Å²) >= 11 is 0. The molecule has 0 spiro atoms. The van der Waals surface area contributed by atoms with E-state index in [9.17, 15) is 10.1 Å². The van der Waals surface area contributed by atoms with Gasteiger partial charge in [-0.1, -0.05) is 6.92 Å². The van der Waals surface area contributed by atoms with Crippen molar-refractivity contribution in [3.05, 3.63) is 48.7 Å². The number of nitrogens with zero attached hydrogens (tertiary/aromatic N) is 11. The number of rotatable bonds is 9. The molecule has 1 amide bonds. The minimum absolute atomic E-state index is 0.0627. The molecule has 3 saturated heterocycles. The van der Waals surface area contributed by atoms with Crippen LogP contribution in [0.5, 0.6) is 0 Å². The van der Waals surface area contributed by atoms with Crippen molar-refractivity contribution in [3.63, 3.8) is 0 Å². The summed E-state index contributed by atoms with van der Waals surface area (Å²) in [5, 5.41) is 26.3. The number of pyridine rings is 1. The van der Waals surface area contributed by atoms with Gasteiger partial charge in [-0.15, -0.1) is 5.10 Å². The molecule has 14 nitrogen and oxygen atoms in total. The van der Waals surface area contributed by atoms with E-state index >= 15 is 0 Å². The SMILES string of the molecule is CCc1cnn(C2(CC#N)CN(c3cccn4nc(Nc5cnn(CC(=O)N6CCN(C7COC7)CC6)c5)nc34)C2)c1. The second-order valence-electron chi connectivity index (χ2n) is 11.3. The molecule has 4 aromatic rings. The standard InChI is InChI=1S/C28H34N12O2/c1-2-21-12-31-40(14-21)28(5-6-29)19-37(20-28)24-4-3-7-39-26(24)33-27(34-39)32-22-13-30-38(15-22)16-25(41)36-10-8-35(9-11-36)23-17-42-18-23/h3-4,7,12-15,23H,2,5,8-11,16-20H2,1H3,(H,32,34). The van der Waals surface area contributed by atoms with Gasteiger partial charge >= 0.3 is 0 Å². The highest BCUT2D eigenvalue weighted by Gasteiger charge is 2.46. The van der Waals surface area contributed by atoms with Crippen LogP contribution < -0.4 is 10.2 Å². The van der Waals surface area contributed by atoms with Crippen molar-refractivity contribution < 1.29 is 9.53 Å². The number of aryl methyl sites for hydroxylation is 1. The second kappa shape index (κ2) is 10.7. The van der Waals surface area contributed by atoms with Crippen molar-refractivity contribution in [1.82, 2.24) is 44.0 Å². The fourth-order valence-corrected chi connectivity index (χ4v) is 5.97. The number of aromatic nitrogens is 7. The maximum atomic E-state index is 12.9. The van der Waals surface area contributed by atoms with Crippen LogP contribution in [0, 0.1) is 11.3 Å². The highest BCUT2D eigenvalue weighted by Crippen LogP contribution is 2.37. The highest BCUT2D eigenvalue weighted by molar-refractivity contribution is 5.76. The van der Waals surface area contributed by atoms with E-state index in [1.54, 1.807) is 21.6 Å². The lowest BCUT2D eigenvalue weighted by molar-refractivity contribution is -0.136. The van der Waals surface area contributed by atoms with E-state index in [1.165, 1.54) is 0 Å². The highest BCUT2D eigenvalue weighted by atomic mass is 16.5. The van der Waals surface area contributed by atoms with Gasteiger partial charge in [0.2, 0.25) is 11.9 Å². The number of hydrogen-bond acceptors (Lipinski definition) is 10. The van der Waals surface area contributed by atoms with Gasteiger partial charge in [0.15, 0.2) is 5.65 Å². The molecule has 0 bridgehead atoms. The normalized spacial score (nSPS) is 19.0. The second-order valence-corrected chi connectivity index (χ2v) is 11.3. The summed E-state index contributed by atoms with van der Waals surface area (Å²) in [5.74, 6) is 0.501. The van der Waals surface area contributed by atoms with E-state index in [0.29, 0.717) is 37.2 Å². The van der Waals surface area contributed by atoms with Gasteiger partial charge in [0, 0.05) is 57.9 Å². The summed E-state index contributed by atoms with van der Waals surface area (Å²) in [6, 6.07) is 6.82. The van der Waals surface area contributed by atoms with Crippen LogP contribution in [0.15, 0.2) is 43.1 Å². The quantitative estimate of drug-likeness (QED) is 0.311. The molecule has 4 aromatic heterocycles. The molecule has 0 aliphatic carbocycles. The number of anilines is 3. The van der Waals surface area contributed by atoms with E-state index in [2.05, 4.69) is 43.4 Å². The Morgan fingerprint density at radius 2 is 2.00 bits per heavy atom. The van der Waals surface area contributed by atoms with Crippen molar-refractivity contribution in [2.75, 3.05) is 62.7 Å². The fourth-order valence-electron chi connectivity index (χ4n) is 5.97. The maximum Gasteiger partial charge on any atom is 0.247 e. The molecule has 1 N–H and O–H groups in total. The Morgan fingerprint density at radius 1 is 1.17 bits per heavy atom. The maximum absolute atomic E-state index is 12.9. The first-order chi connectivity index (χ1) is 20.5. The predicted molar refractivity (Wildman–Crippen MR) is 153 cm³/mol. The lowest BCUT2D eigenvalue weighted by Crippen LogP contribution is -2.63. The Labute approximate surface area is 243 Å². The minimum Gasteiger partial charge on any atom is -0.378 e. The predicted octanol–water partition coefficient (Wildman–Crippen LogP) is 1.10. The fraction of sp³-hybridized carbons (Fsp3) is 0.500. The zero-order chi connectivity index (χ0) is 28.7. The largest absolute Gasteiger partial charge is 0.378 e. The third kappa shape index (κ3) is 4.84. The molecule has 7 heterocycles.